The highest BCUT2D eigenvalue weighted by Gasteiger charge is 2.33. The SMILES string of the molecule is C=C1CCN(c2cnc(C(F)(F)F)cn2)CCN1C(O)/C(N)=C(/C1=NCCCO1)c1ccccc1. The maximum absolute atomic E-state index is 12.8. The first kappa shape index (κ1) is 24.5. The molecule has 0 saturated carbocycles. The second-order valence-corrected chi connectivity index (χ2v) is 8.21. The second kappa shape index (κ2) is 10.3. The van der Waals surface area contributed by atoms with E-state index >= 15 is 0 Å². The van der Waals surface area contributed by atoms with Gasteiger partial charge in [-0.3, -0.25) is 4.99 Å². The predicted molar refractivity (Wildman–Crippen MR) is 126 cm³/mol. The number of nitrogens with zero attached hydrogens (tertiary/aromatic N) is 5. The normalized spacial score (nSPS) is 18.9. The number of aromatic nitrogens is 2. The van der Waals surface area contributed by atoms with Crippen molar-refractivity contribution < 1.29 is 23.0 Å². The summed E-state index contributed by atoms with van der Waals surface area (Å²) in [7, 11) is 0. The summed E-state index contributed by atoms with van der Waals surface area (Å²) >= 11 is 0. The molecule has 186 valence electrons. The lowest BCUT2D eigenvalue weighted by Gasteiger charge is -2.32. The van der Waals surface area contributed by atoms with Gasteiger partial charge in [-0.25, -0.2) is 9.97 Å². The van der Waals surface area contributed by atoms with Crippen molar-refractivity contribution in [1.82, 2.24) is 14.9 Å². The van der Waals surface area contributed by atoms with E-state index in [1.807, 2.05) is 30.3 Å². The van der Waals surface area contributed by atoms with Crippen molar-refractivity contribution in [3.05, 3.63) is 72.0 Å². The van der Waals surface area contributed by atoms with Gasteiger partial charge in [-0.2, -0.15) is 13.2 Å². The molecule has 0 radical (unpaired) electrons. The van der Waals surface area contributed by atoms with E-state index < -0.39 is 18.1 Å². The van der Waals surface area contributed by atoms with Gasteiger partial charge in [-0.15, -0.1) is 0 Å². The maximum Gasteiger partial charge on any atom is 0.434 e. The Morgan fingerprint density at radius 2 is 1.89 bits per heavy atom. The van der Waals surface area contributed by atoms with Gasteiger partial charge in [0, 0.05) is 44.7 Å². The van der Waals surface area contributed by atoms with Crippen LogP contribution in [0.5, 0.6) is 0 Å². The number of halogens is 3. The number of ether oxygens (including phenoxy) is 1. The second-order valence-electron chi connectivity index (χ2n) is 8.21. The maximum atomic E-state index is 12.8. The monoisotopic (exact) mass is 488 g/mol. The Morgan fingerprint density at radius 1 is 1.11 bits per heavy atom. The topological polar surface area (TPSA) is 100 Å². The van der Waals surface area contributed by atoms with Crippen LogP contribution in [0.3, 0.4) is 0 Å². The zero-order chi connectivity index (χ0) is 25.0. The average Bonchev–Trinajstić information content (AvgIpc) is 3.06. The van der Waals surface area contributed by atoms with Crippen molar-refractivity contribution in [3.63, 3.8) is 0 Å². The standard InChI is InChI=1S/C24H27F3N6O2/c1-16-8-10-32(19-15-30-18(14-31-19)24(25,26)27)11-12-33(16)23(34)21(28)20(17-6-3-2-4-7-17)22-29-9-5-13-35-22/h2-4,6-7,14-15,23,34H,1,5,8-13,28H2/b21-20-. The Hall–Kier alpha value is -3.60. The van der Waals surface area contributed by atoms with Crippen molar-refractivity contribution >= 4 is 17.3 Å². The molecule has 0 spiro atoms. The van der Waals surface area contributed by atoms with E-state index in [-0.39, 0.29) is 5.70 Å². The molecule has 4 rings (SSSR count). The number of nitrogens with two attached hydrogens (primary N) is 1. The zero-order valence-electron chi connectivity index (χ0n) is 19.1. The first-order valence-electron chi connectivity index (χ1n) is 11.2. The summed E-state index contributed by atoms with van der Waals surface area (Å²) in [5.74, 6) is 0.710. The first-order chi connectivity index (χ1) is 16.8. The van der Waals surface area contributed by atoms with Crippen LogP contribution in [0.15, 0.2) is 65.7 Å². The number of alkyl halides is 3. The van der Waals surface area contributed by atoms with E-state index in [9.17, 15) is 18.3 Å². The van der Waals surface area contributed by atoms with Crippen LogP contribution in [0.4, 0.5) is 19.0 Å². The van der Waals surface area contributed by atoms with Crippen LogP contribution in [0.25, 0.3) is 5.57 Å². The fraction of sp³-hybridized carbons (Fsp3) is 0.375. The zero-order valence-corrected chi connectivity index (χ0v) is 19.1. The van der Waals surface area contributed by atoms with E-state index in [1.165, 1.54) is 0 Å². The van der Waals surface area contributed by atoms with Crippen molar-refractivity contribution in [2.75, 3.05) is 37.7 Å². The molecular formula is C24H27F3N6O2. The third kappa shape index (κ3) is 5.56. The van der Waals surface area contributed by atoms with Gasteiger partial charge in [0.25, 0.3) is 0 Å². The molecule has 8 nitrogen and oxygen atoms in total. The lowest BCUT2D eigenvalue weighted by atomic mass is 10.0. The van der Waals surface area contributed by atoms with Crippen LogP contribution < -0.4 is 10.6 Å². The van der Waals surface area contributed by atoms with Gasteiger partial charge >= 0.3 is 6.18 Å². The van der Waals surface area contributed by atoms with Gasteiger partial charge < -0.3 is 25.4 Å². The quantitative estimate of drug-likeness (QED) is 0.667. The Bertz CT molecular complexity index is 1100. The van der Waals surface area contributed by atoms with Crippen molar-refractivity contribution in [3.8, 4) is 0 Å². The third-order valence-electron chi connectivity index (χ3n) is 5.87. The summed E-state index contributed by atoms with van der Waals surface area (Å²) in [5, 5.41) is 11.3. The minimum atomic E-state index is -4.55. The Balaban J connectivity index is 1.57. The fourth-order valence-electron chi connectivity index (χ4n) is 3.99. The molecule has 2 aliphatic rings. The van der Waals surface area contributed by atoms with Gasteiger partial charge in [0.1, 0.15) is 5.82 Å². The lowest BCUT2D eigenvalue weighted by molar-refractivity contribution is -0.141. The van der Waals surface area contributed by atoms with E-state index in [2.05, 4.69) is 21.5 Å². The van der Waals surface area contributed by atoms with Crippen LogP contribution in [0.2, 0.25) is 0 Å². The average molecular weight is 489 g/mol. The number of rotatable bonds is 5. The molecule has 2 aliphatic heterocycles. The largest absolute Gasteiger partial charge is 0.477 e. The molecule has 1 aromatic heterocycles. The van der Waals surface area contributed by atoms with Crippen LogP contribution >= 0.6 is 0 Å². The van der Waals surface area contributed by atoms with Crippen LogP contribution in [-0.4, -0.2) is 64.9 Å². The van der Waals surface area contributed by atoms with Crippen LogP contribution in [0, 0.1) is 0 Å². The Kier molecular flexibility index (Phi) is 7.25. The first-order valence-corrected chi connectivity index (χ1v) is 11.2. The molecule has 1 atom stereocenters. The lowest BCUT2D eigenvalue weighted by Crippen LogP contribution is -2.41. The third-order valence-corrected chi connectivity index (χ3v) is 5.87. The van der Waals surface area contributed by atoms with Crippen molar-refractivity contribution in [1.29, 1.82) is 0 Å². The van der Waals surface area contributed by atoms with Crippen molar-refractivity contribution in [2.24, 2.45) is 10.7 Å². The fourth-order valence-corrected chi connectivity index (χ4v) is 3.99. The van der Waals surface area contributed by atoms with Gasteiger partial charge in [0.15, 0.2) is 11.9 Å². The number of aliphatic hydroxyl groups excluding tert-OH is 1. The van der Waals surface area contributed by atoms with Gasteiger partial charge in [0.05, 0.1) is 30.3 Å². The molecule has 35 heavy (non-hydrogen) atoms. The van der Waals surface area contributed by atoms with Crippen molar-refractivity contribution in [2.45, 2.75) is 25.2 Å². The number of aliphatic hydroxyl groups is 1. The molecule has 0 aliphatic carbocycles. The molecule has 0 amide bonds. The van der Waals surface area contributed by atoms with E-state index in [0.29, 0.717) is 62.2 Å². The van der Waals surface area contributed by atoms with Crippen LogP contribution in [0.1, 0.15) is 24.1 Å². The molecule has 1 aromatic carbocycles. The van der Waals surface area contributed by atoms with Gasteiger partial charge in [-0.05, 0) is 5.56 Å². The molecule has 1 fully saturated rings. The number of anilines is 1. The minimum Gasteiger partial charge on any atom is -0.477 e. The number of hydrogen-bond donors (Lipinski definition) is 2. The number of aliphatic imine (C=N–C) groups is 1. The minimum absolute atomic E-state index is 0.181. The number of hydrogen-bond acceptors (Lipinski definition) is 8. The molecule has 0 bridgehead atoms. The molecule has 2 aromatic rings. The summed E-state index contributed by atoms with van der Waals surface area (Å²) in [5.41, 5.74) is 7.59. The summed E-state index contributed by atoms with van der Waals surface area (Å²) in [6, 6.07) is 9.36. The Labute approximate surface area is 201 Å². The molecular weight excluding hydrogens is 461 g/mol. The highest BCUT2D eigenvalue weighted by molar-refractivity contribution is 6.20. The van der Waals surface area contributed by atoms with E-state index in [4.69, 9.17) is 10.5 Å². The molecule has 1 saturated heterocycles. The highest BCUT2D eigenvalue weighted by Crippen LogP contribution is 2.29. The van der Waals surface area contributed by atoms with Gasteiger partial charge in [-0.1, -0.05) is 36.9 Å². The smallest absolute Gasteiger partial charge is 0.434 e. The number of benzene rings is 1. The molecule has 1 unspecified atom stereocenters. The van der Waals surface area contributed by atoms with Gasteiger partial charge in [0.2, 0.25) is 5.90 Å². The Morgan fingerprint density at radius 3 is 2.51 bits per heavy atom. The summed E-state index contributed by atoms with van der Waals surface area (Å²) in [4.78, 5) is 15.4. The predicted octanol–water partition coefficient (Wildman–Crippen LogP) is 3.03. The van der Waals surface area contributed by atoms with E-state index in [1.54, 1.807) is 9.80 Å². The van der Waals surface area contributed by atoms with E-state index in [0.717, 1.165) is 24.4 Å². The molecule has 3 N–H and O–H groups in total. The summed E-state index contributed by atoms with van der Waals surface area (Å²) in [6.45, 7) is 6.36. The highest BCUT2D eigenvalue weighted by atomic mass is 19.4. The molecule has 11 heteroatoms. The summed E-state index contributed by atoms with van der Waals surface area (Å²) in [6.07, 6.45) is -2.67. The molecule has 3 heterocycles. The van der Waals surface area contributed by atoms with Crippen LogP contribution in [-0.2, 0) is 10.9 Å². The summed E-state index contributed by atoms with van der Waals surface area (Å²) < 4.78 is 44.2.